The molecule has 0 saturated carbocycles. The van der Waals surface area contributed by atoms with Gasteiger partial charge in [0.1, 0.15) is 5.69 Å². The predicted octanol–water partition coefficient (Wildman–Crippen LogP) is 3.76. The van der Waals surface area contributed by atoms with E-state index in [1.54, 1.807) is 10.7 Å². The molecule has 0 atom stereocenters. The number of nitrogens with zero attached hydrogens (tertiary/aromatic N) is 4. The van der Waals surface area contributed by atoms with Crippen LogP contribution in [0.2, 0.25) is 0 Å². The van der Waals surface area contributed by atoms with Crippen LogP contribution in [0.4, 0.5) is 11.5 Å². The van der Waals surface area contributed by atoms with Gasteiger partial charge >= 0.3 is 0 Å². The summed E-state index contributed by atoms with van der Waals surface area (Å²) in [5, 5.41) is 11.6. The molecule has 0 aliphatic rings. The summed E-state index contributed by atoms with van der Waals surface area (Å²) >= 11 is 1.50. The molecule has 0 bridgehead atoms. The molecule has 0 radical (unpaired) electrons. The Bertz CT molecular complexity index is 1150. The van der Waals surface area contributed by atoms with Gasteiger partial charge in [-0.25, -0.2) is 9.97 Å². The molecule has 1 amide bonds. The van der Waals surface area contributed by atoms with Gasteiger partial charge in [0, 0.05) is 23.2 Å². The lowest BCUT2D eigenvalue weighted by Gasteiger charge is -2.09. The van der Waals surface area contributed by atoms with Gasteiger partial charge in [0.15, 0.2) is 11.5 Å². The highest BCUT2D eigenvalue weighted by Gasteiger charge is 2.17. The second kappa shape index (κ2) is 6.81. The number of aromatic nitrogens is 4. The van der Waals surface area contributed by atoms with Crippen molar-refractivity contribution >= 4 is 34.4 Å². The van der Waals surface area contributed by atoms with E-state index in [0.29, 0.717) is 17.2 Å². The van der Waals surface area contributed by atoms with Gasteiger partial charge in [-0.15, -0.1) is 11.3 Å². The van der Waals surface area contributed by atoms with Gasteiger partial charge in [-0.3, -0.25) is 4.79 Å². The maximum Gasteiger partial charge on any atom is 0.276 e. The summed E-state index contributed by atoms with van der Waals surface area (Å²) in [7, 11) is 1.87. The third-order valence-corrected chi connectivity index (χ3v) is 5.08. The van der Waals surface area contributed by atoms with Crippen LogP contribution in [0.5, 0.6) is 0 Å². The predicted molar refractivity (Wildman–Crippen MR) is 108 cm³/mol. The molecule has 0 unspecified atom stereocenters. The van der Waals surface area contributed by atoms with E-state index in [2.05, 4.69) is 25.7 Å². The first kappa shape index (κ1) is 17.2. The number of rotatable bonds is 4. The van der Waals surface area contributed by atoms with Crippen LogP contribution >= 0.6 is 11.3 Å². The van der Waals surface area contributed by atoms with Crippen molar-refractivity contribution in [3.63, 3.8) is 0 Å². The highest BCUT2D eigenvalue weighted by Crippen LogP contribution is 2.26. The first-order valence-electron chi connectivity index (χ1n) is 8.44. The van der Waals surface area contributed by atoms with Crippen molar-refractivity contribution in [2.45, 2.75) is 13.8 Å². The first-order valence-corrected chi connectivity index (χ1v) is 9.26. The number of thiazole rings is 1. The van der Waals surface area contributed by atoms with Gasteiger partial charge in [-0.2, -0.15) is 9.61 Å². The van der Waals surface area contributed by atoms with Crippen molar-refractivity contribution in [3.05, 3.63) is 58.2 Å². The zero-order valence-corrected chi connectivity index (χ0v) is 16.0. The Morgan fingerprint density at radius 1 is 1.15 bits per heavy atom. The van der Waals surface area contributed by atoms with Crippen LogP contribution in [0.3, 0.4) is 0 Å². The molecular formula is C19H18N6OS. The molecule has 2 N–H and O–H groups in total. The van der Waals surface area contributed by atoms with E-state index in [-0.39, 0.29) is 5.91 Å². The molecule has 136 valence electrons. The van der Waals surface area contributed by atoms with Crippen molar-refractivity contribution in [2.75, 3.05) is 17.7 Å². The van der Waals surface area contributed by atoms with E-state index in [9.17, 15) is 4.79 Å². The van der Waals surface area contributed by atoms with E-state index in [4.69, 9.17) is 0 Å². The van der Waals surface area contributed by atoms with Crippen LogP contribution in [0.15, 0.2) is 42.6 Å². The molecule has 0 spiro atoms. The zero-order chi connectivity index (χ0) is 19.0. The van der Waals surface area contributed by atoms with Crippen molar-refractivity contribution in [3.8, 4) is 11.3 Å². The van der Waals surface area contributed by atoms with Gasteiger partial charge in [0.05, 0.1) is 16.9 Å². The molecule has 4 rings (SSSR count). The lowest BCUT2D eigenvalue weighted by atomic mass is 10.1. The van der Waals surface area contributed by atoms with Gasteiger partial charge < -0.3 is 10.6 Å². The minimum absolute atomic E-state index is 0.263. The number of benzene rings is 1. The van der Waals surface area contributed by atoms with E-state index < -0.39 is 0 Å². The first-order chi connectivity index (χ1) is 13.1. The van der Waals surface area contributed by atoms with Crippen molar-refractivity contribution in [2.24, 2.45) is 0 Å². The lowest BCUT2D eigenvalue weighted by Crippen LogP contribution is -2.15. The molecule has 8 heteroatoms. The maximum absolute atomic E-state index is 12.6. The molecule has 0 saturated heterocycles. The van der Waals surface area contributed by atoms with Crippen LogP contribution in [0.1, 0.15) is 20.4 Å². The smallest absolute Gasteiger partial charge is 0.276 e. The Hall–Kier alpha value is -3.26. The van der Waals surface area contributed by atoms with Gasteiger partial charge in [-0.05, 0) is 32.0 Å². The van der Waals surface area contributed by atoms with Crippen LogP contribution in [-0.4, -0.2) is 32.5 Å². The highest BCUT2D eigenvalue weighted by molar-refractivity contribution is 7.11. The topological polar surface area (TPSA) is 84.2 Å². The Morgan fingerprint density at radius 3 is 2.70 bits per heavy atom. The fraction of sp³-hybridized carbons (Fsp3) is 0.158. The largest absolute Gasteiger partial charge is 0.388 e. The number of hydrogen-bond donors (Lipinski definition) is 2. The quantitative estimate of drug-likeness (QED) is 0.565. The van der Waals surface area contributed by atoms with Crippen LogP contribution in [0, 0.1) is 13.8 Å². The number of aryl methyl sites for hydroxylation is 2. The number of fused-ring (bicyclic) bond motifs is 1. The van der Waals surface area contributed by atoms with Gasteiger partial charge in [0.2, 0.25) is 0 Å². The van der Waals surface area contributed by atoms with E-state index in [0.717, 1.165) is 26.8 Å². The Balaban J connectivity index is 1.72. The minimum atomic E-state index is -0.263. The monoisotopic (exact) mass is 378 g/mol. The second-order valence-corrected chi connectivity index (χ2v) is 7.43. The number of anilines is 2. The molecule has 0 aliphatic heterocycles. The van der Waals surface area contributed by atoms with Crippen molar-refractivity contribution in [1.82, 2.24) is 19.6 Å². The van der Waals surface area contributed by atoms with Gasteiger partial charge in [0.25, 0.3) is 5.91 Å². The molecule has 1 aromatic carbocycles. The van der Waals surface area contributed by atoms with Crippen LogP contribution in [-0.2, 0) is 0 Å². The van der Waals surface area contributed by atoms with Gasteiger partial charge in [-0.1, -0.05) is 18.2 Å². The zero-order valence-electron chi connectivity index (χ0n) is 15.1. The summed E-state index contributed by atoms with van der Waals surface area (Å²) in [5.41, 5.74) is 3.82. The maximum atomic E-state index is 12.6. The molecule has 3 aromatic heterocycles. The third kappa shape index (κ3) is 3.15. The number of carbonyl (C=O) groups is 1. The number of imidazole rings is 1. The number of hydrogen-bond acceptors (Lipinski definition) is 6. The number of para-hydroxylation sites is 1. The van der Waals surface area contributed by atoms with E-state index in [1.807, 2.05) is 57.3 Å². The summed E-state index contributed by atoms with van der Waals surface area (Å²) < 4.78 is 1.63. The summed E-state index contributed by atoms with van der Waals surface area (Å²) in [6, 6.07) is 11.7. The molecule has 7 nitrogen and oxygen atoms in total. The minimum Gasteiger partial charge on any atom is -0.388 e. The second-order valence-electron chi connectivity index (χ2n) is 6.02. The summed E-state index contributed by atoms with van der Waals surface area (Å²) in [6.07, 6.45) is 1.60. The molecule has 4 aromatic rings. The lowest BCUT2D eigenvalue weighted by molar-refractivity contribution is 0.102. The fourth-order valence-corrected chi connectivity index (χ4v) is 3.76. The summed E-state index contributed by atoms with van der Waals surface area (Å²) in [5.74, 6) is 0.241. The molecule has 3 heterocycles. The highest BCUT2D eigenvalue weighted by atomic mass is 32.1. The van der Waals surface area contributed by atoms with Crippen molar-refractivity contribution in [1.29, 1.82) is 0 Å². The normalized spacial score (nSPS) is 10.9. The average Bonchev–Trinajstić information content (AvgIpc) is 3.23. The molecule has 0 fully saturated rings. The third-order valence-electron chi connectivity index (χ3n) is 4.19. The average molecular weight is 378 g/mol. The van der Waals surface area contributed by atoms with Crippen LogP contribution in [0.25, 0.3) is 16.9 Å². The molecule has 27 heavy (non-hydrogen) atoms. The summed E-state index contributed by atoms with van der Waals surface area (Å²) in [6.45, 7) is 3.77. The standard InChI is InChI=1S/C19H18N6OS/c1-11-18(22-12(2)27-11)19(26)23-17-10-21-16-9-8-15(24-25(16)17)13-6-4-5-7-14(13)20-3/h4-10,20H,1-3H3,(H,23,26). The molecular weight excluding hydrogens is 360 g/mol. The number of amides is 1. The van der Waals surface area contributed by atoms with Crippen LogP contribution < -0.4 is 10.6 Å². The summed E-state index contributed by atoms with van der Waals surface area (Å²) in [4.78, 5) is 22.1. The van der Waals surface area contributed by atoms with E-state index >= 15 is 0 Å². The Labute approximate surface area is 160 Å². The Kier molecular flexibility index (Phi) is 4.33. The number of carbonyl (C=O) groups excluding carboxylic acids is 1. The number of nitrogens with one attached hydrogen (secondary N) is 2. The fourth-order valence-electron chi connectivity index (χ4n) is 2.94. The van der Waals surface area contributed by atoms with Crippen molar-refractivity contribution < 1.29 is 4.79 Å². The molecule has 0 aliphatic carbocycles. The Morgan fingerprint density at radius 2 is 1.96 bits per heavy atom. The van der Waals surface area contributed by atoms with E-state index in [1.165, 1.54) is 11.3 Å². The SMILES string of the molecule is CNc1ccccc1-c1ccc2ncc(NC(=O)c3nc(C)sc3C)n2n1.